The number of anilines is 2. The third-order valence-corrected chi connectivity index (χ3v) is 4.59. The summed E-state index contributed by atoms with van der Waals surface area (Å²) in [6.07, 6.45) is 9.32. The molecule has 1 aromatic heterocycles. The molecule has 0 spiro atoms. The highest BCUT2D eigenvalue weighted by atomic mass is 15.2. The van der Waals surface area contributed by atoms with Gasteiger partial charge in [0, 0.05) is 18.2 Å². The minimum absolute atomic E-state index is 0.654. The van der Waals surface area contributed by atoms with Crippen LogP contribution >= 0.6 is 0 Å². The zero-order valence-electron chi connectivity index (χ0n) is 11.1. The first-order valence-corrected chi connectivity index (χ1v) is 7.17. The first-order chi connectivity index (χ1) is 8.81. The summed E-state index contributed by atoms with van der Waals surface area (Å²) in [4.78, 5) is 11.1. The van der Waals surface area contributed by atoms with E-state index in [2.05, 4.69) is 21.8 Å². The lowest BCUT2D eigenvalue weighted by Gasteiger charge is -2.33. The van der Waals surface area contributed by atoms with E-state index in [1.807, 2.05) is 0 Å². The second-order valence-electron chi connectivity index (χ2n) is 5.51. The van der Waals surface area contributed by atoms with E-state index in [1.54, 1.807) is 6.33 Å². The summed E-state index contributed by atoms with van der Waals surface area (Å²) < 4.78 is 0. The van der Waals surface area contributed by atoms with Crippen molar-refractivity contribution in [3.8, 4) is 0 Å². The second-order valence-corrected chi connectivity index (χ2v) is 5.51. The Morgan fingerprint density at radius 3 is 2.94 bits per heavy atom. The number of nitrogens with two attached hydrogens (primary N) is 1. The Hall–Kier alpha value is -1.32. The summed E-state index contributed by atoms with van der Waals surface area (Å²) in [7, 11) is 0. The average Bonchev–Trinajstić information content (AvgIpc) is 2.82. The Balaban J connectivity index is 1.93. The highest BCUT2D eigenvalue weighted by molar-refractivity contribution is 5.57. The normalized spacial score (nSPS) is 27.3. The van der Waals surface area contributed by atoms with Crippen LogP contribution in [0.5, 0.6) is 0 Å². The van der Waals surface area contributed by atoms with E-state index in [0.717, 1.165) is 30.3 Å². The number of hydrogen-bond acceptors (Lipinski definition) is 4. The largest absolute Gasteiger partial charge is 0.383 e. The molecule has 2 atom stereocenters. The Morgan fingerprint density at radius 1 is 1.28 bits per heavy atom. The lowest BCUT2D eigenvalue weighted by atomic mass is 9.85. The highest BCUT2D eigenvalue weighted by Crippen LogP contribution is 2.39. The third kappa shape index (κ3) is 1.84. The van der Waals surface area contributed by atoms with Crippen molar-refractivity contribution in [1.29, 1.82) is 0 Å². The summed E-state index contributed by atoms with van der Waals surface area (Å²) in [6.45, 7) is 3.27. The molecule has 2 N–H and O–H groups in total. The third-order valence-electron chi connectivity index (χ3n) is 4.59. The van der Waals surface area contributed by atoms with Crippen molar-refractivity contribution in [1.82, 2.24) is 9.97 Å². The van der Waals surface area contributed by atoms with E-state index in [1.165, 1.54) is 32.1 Å². The average molecular weight is 246 g/mol. The molecule has 0 aromatic carbocycles. The van der Waals surface area contributed by atoms with Crippen molar-refractivity contribution in [3.05, 3.63) is 11.9 Å². The molecule has 1 saturated heterocycles. The molecular weight excluding hydrogens is 224 g/mol. The van der Waals surface area contributed by atoms with Crippen molar-refractivity contribution in [2.24, 2.45) is 5.92 Å². The molecule has 1 aliphatic heterocycles. The Morgan fingerprint density at radius 2 is 2.11 bits per heavy atom. The number of nitrogens with zero attached hydrogens (tertiary/aromatic N) is 3. The van der Waals surface area contributed by atoms with Crippen molar-refractivity contribution in [3.63, 3.8) is 0 Å². The number of aromatic nitrogens is 2. The lowest BCUT2D eigenvalue weighted by molar-refractivity contribution is 0.341. The van der Waals surface area contributed by atoms with Gasteiger partial charge in [-0.15, -0.1) is 0 Å². The maximum absolute atomic E-state index is 5.99. The van der Waals surface area contributed by atoms with Gasteiger partial charge in [-0.05, 0) is 31.6 Å². The molecule has 4 heteroatoms. The van der Waals surface area contributed by atoms with Gasteiger partial charge in [-0.1, -0.05) is 19.8 Å². The monoisotopic (exact) mass is 246 g/mol. The summed E-state index contributed by atoms with van der Waals surface area (Å²) in [5.41, 5.74) is 7.12. The predicted octanol–water partition coefficient (Wildman–Crippen LogP) is 2.39. The van der Waals surface area contributed by atoms with Gasteiger partial charge in [0.1, 0.15) is 18.0 Å². The highest BCUT2D eigenvalue weighted by Gasteiger charge is 2.37. The zero-order chi connectivity index (χ0) is 12.5. The summed E-state index contributed by atoms with van der Waals surface area (Å²) in [6, 6.07) is 0.693. The van der Waals surface area contributed by atoms with Crippen LogP contribution < -0.4 is 10.6 Å². The molecule has 2 unspecified atom stereocenters. The van der Waals surface area contributed by atoms with E-state index in [9.17, 15) is 0 Å². The Labute approximate surface area is 109 Å². The van der Waals surface area contributed by atoms with Crippen LogP contribution in [-0.4, -0.2) is 22.6 Å². The van der Waals surface area contributed by atoms with Gasteiger partial charge in [0.25, 0.3) is 0 Å². The number of hydrogen-bond donors (Lipinski definition) is 1. The van der Waals surface area contributed by atoms with Crippen LogP contribution in [0, 0.1) is 5.92 Å². The maximum atomic E-state index is 5.99. The van der Waals surface area contributed by atoms with Crippen LogP contribution in [0.1, 0.15) is 44.6 Å². The molecule has 98 valence electrons. The second kappa shape index (κ2) is 4.75. The zero-order valence-corrected chi connectivity index (χ0v) is 11.1. The first-order valence-electron chi connectivity index (χ1n) is 7.17. The van der Waals surface area contributed by atoms with Gasteiger partial charge in [0.2, 0.25) is 0 Å². The molecule has 1 aromatic rings. The fraction of sp³-hybridized carbons (Fsp3) is 0.714. The number of fused-ring (bicyclic) bond motifs is 1. The summed E-state index contributed by atoms with van der Waals surface area (Å²) in [5.74, 6) is 2.63. The molecule has 2 heterocycles. The molecule has 18 heavy (non-hydrogen) atoms. The topological polar surface area (TPSA) is 55.0 Å². The van der Waals surface area contributed by atoms with Crippen LogP contribution in [0.15, 0.2) is 6.33 Å². The molecule has 4 nitrogen and oxygen atoms in total. The van der Waals surface area contributed by atoms with Gasteiger partial charge >= 0.3 is 0 Å². The van der Waals surface area contributed by atoms with Gasteiger partial charge in [0.05, 0.1) is 0 Å². The van der Waals surface area contributed by atoms with Gasteiger partial charge in [-0.25, -0.2) is 9.97 Å². The minimum atomic E-state index is 0.654. The molecule has 1 aliphatic carbocycles. The van der Waals surface area contributed by atoms with Crippen LogP contribution in [0.2, 0.25) is 0 Å². The van der Waals surface area contributed by atoms with E-state index < -0.39 is 0 Å². The molecule has 2 aliphatic rings. The lowest BCUT2D eigenvalue weighted by Crippen LogP contribution is -2.36. The van der Waals surface area contributed by atoms with Crippen LogP contribution in [-0.2, 0) is 6.42 Å². The maximum Gasteiger partial charge on any atom is 0.137 e. The van der Waals surface area contributed by atoms with Crippen molar-refractivity contribution in [2.45, 2.75) is 51.5 Å². The smallest absolute Gasteiger partial charge is 0.137 e. The SMILES string of the molecule is CCc1c(N)ncnc1N1CCC2CCCCC21. The fourth-order valence-electron chi connectivity index (χ4n) is 3.67. The quantitative estimate of drug-likeness (QED) is 0.870. The van der Waals surface area contributed by atoms with Crippen LogP contribution in [0.4, 0.5) is 11.6 Å². The molecule has 3 rings (SSSR count). The molecular formula is C14H22N4. The standard InChI is InChI=1S/C14H22N4/c1-2-11-13(15)16-9-17-14(11)18-8-7-10-5-3-4-6-12(10)18/h9-10,12H,2-8H2,1H3,(H2,15,16,17). The molecule has 1 saturated carbocycles. The van der Waals surface area contributed by atoms with E-state index in [-0.39, 0.29) is 0 Å². The molecule has 0 bridgehead atoms. The van der Waals surface area contributed by atoms with Gasteiger partial charge in [0.15, 0.2) is 0 Å². The molecule has 2 fully saturated rings. The fourth-order valence-corrected chi connectivity index (χ4v) is 3.67. The van der Waals surface area contributed by atoms with Gasteiger partial charge in [-0.3, -0.25) is 0 Å². The summed E-state index contributed by atoms with van der Waals surface area (Å²) >= 11 is 0. The van der Waals surface area contributed by atoms with Crippen LogP contribution in [0.3, 0.4) is 0 Å². The van der Waals surface area contributed by atoms with Crippen LogP contribution in [0.25, 0.3) is 0 Å². The van der Waals surface area contributed by atoms with Crippen molar-refractivity contribution >= 4 is 11.6 Å². The van der Waals surface area contributed by atoms with Gasteiger partial charge in [-0.2, -0.15) is 0 Å². The predicted molar refractivity (Wildman–Crippen MR) is 73.5 cm³/mol. The van der Waals surface area contributed by atoms with E-state index >= 15 is 0 Å². The summed E-state index contributed by atoms with van der Waals surface area (Å²) in [5, 5.41) is 0. The molecule has 0 amide bonds. The van der Waals surface area contributed by atoms with E-state index in [4.69, 9.17) is 5.73 Å². The number of nitrogen functional groups attached to an aromatic ring is 1. The van der Waals surface area contributed by atoms with Crippen molar-refractivity contribution in [2.75, 3.05) is 17.2 Å². The Bertz CT molecular complexity index is 432. The van der Waals surface area contributed by atoms with Gasteiger partial charge < -0.3 is 10.6 Å². The number of rotatable bonds is 2. The molecule has 0 radical (unpaired) electrons. The van der Waals surface area contributed by atoms with Crippen molar-refractivity contribution < 1.29 is 0 Å². The first kappa shape index (κ1) is 11.8. The minimum Gasteiger partial charge on any atom is -0.383 e. The van der Waals surface area contributed by atoms with E-state index in [0.29, 0.717) is 11.9 Å². The Kier molecular flexibility index (Phi) is 3.10.